The van der Waals surface area contributed by atoms with Crippen LogP contribution >= 0.6 is 0 Å². The third kappa shape index (κ3) is 3.99. The number of fused-ring (bicyclic) bond motifs is 1. The van der Waals surface area contributed by atoms with Crippen molar-refractivity contribution in [2.45, 2.75) is 4.90 Å². The third-order valence-corrected chi connectivity index (χ3v) is 4.77. The summed E-state index contributed by atoms with van der Waals surface area (Å²) in [5.74, 6) is -2.03. The zero-order valence-electron chi connectivity index (χ0n) is 13.2. The number of amides is 1. The first kappa shape index (κ1) is 17.9. The molecule has 1 aliphatic heterocycles. The summed E-state index contributed by atoms with van der Waals surface area (Å²) in [6.07, 6.45) is 2.31. The number of sulfonamides is 1. The monoisotopic (exact) mass is 381 g/mol. The highest BCUT2D eigenvalue weighted by atomic mass is 32.2. The molecule has 1 aliphatic rings. The number of benzene rings is 2. The van der Waals surface area contributed by atoms with Gasteiger partial charge < -0.3 is 9.47 Å². The van der Waals surface area contributed by atoms with Crippen LogP contribution in [0.3, 0.4) is 0 Å². The summed E-state index contributed by atoms with van der Waals surface area (Å²) in [5.41, 5.74) is 0.568. The molecular weight excluding hydrogens is 368 g/mol. The molecule has 9 heteroatoms. The van der Waals surface area contributed by atoms with Crippen molar-refractivity contribution in [1.29, 1.82) is 0 Å². The summed E-state index contributed by atoms with van der Waals surface area (Å²) in [4.78, 5) is 10.9. The Morgan fingerprint density at radius 3 is 2.54 bits per heavy atom. The zero-order chi connectivity index (χ0) is 18.7. The summed E-state index contributed by atoms with van der Waals surface area (Å²) < 4.78 is 63.2. The molecule has 1 heterocycles. The van der Waals surface area contributed by atoms with Crippen molar-refractivity contribution in [1.82, 2.24) is 4.72 Å². The van der Waals surface area contributed by atoms with Gasteiger partial charge >= 0.3 is 0 Å². The number of nitrogens with one attached hydrogen (secondary N) is 1. The minimum absolute atomic E-state index is 0.401. The van der Waals surface area contributed by atoms with Crippen LogP contribution in [0.5, 0.6) is 11.5 Å². The summed E-state index contributed by atoms with van der Waals surface area (Å²) >= 11 is 0. The van der Waals surface area contributed by atoms with E-state index in [0.717, 1.165) is 12.1 Å². The van der Waals surface area contributed by atoms with Gasteiger partial charge in [0.25, 0.3) is 15.9 Å². The molecule has 6 nitrogen and oxygen atoms in total. The molecule has 0 saturated heterocycles. The van der Waals surface area contributed by atoms with E-state index in [2.05, 4.69) is 0 Å². The fraction of sp³-hybridized carbons (Fsp3) is 0.118. The second-order valence-electron chi connectivity index (χ2n) is 5.28. The molecule has 2 aromatic carbocycles. The lowest BCUT2D eigenvalue weighted by atomic mass is 10.2. The van der Waals surface area contributed by atoms with Crippen LogP contribution in [0.25, 0.3) is 6.08 Å². The van der Waals surface area contributed by atoms with E-state index in [1.54, 1.807) is 22.9 Å². The highest BCUT2D eigenvalue weighted by Crippen LogP contribution is 2.31. The molecule has 3 rings (SSSR count). The first-order valence-corrected chi connectivity index (χ1v) is 8.93. The Labute approximate surface area is 148 Å². The maximum atomic E-state index is 13.6. The van der Waals surface area contributed by atoms with E-state index in [1.807, 2.05) is 0 Å². The standard InChI is InChI=1S/C17H13F2NO5S/c18-12-3-4-13(19)16(10-12)26(22,23)20-17(21)6-2-11-1-5-14-15(9-11)25-8-7-24-14/h1-6,9-10H,7-8H2,(H,20,21)/b6-2+. The second kappa shape index (κ2) is 7.12. The van der Waals surface area contributed by atoms with E-state index in [9.17, 15) is 22.0 Å². The van der Waals surface area contributed by atoms with E-state index in [4.69, 9.17) is 9.47 Å². The Balaban J connectivity index is 1.74. The number of carbonyl (C=O) groups excluding carboxylic acids is 1. The van der Waals surface area contributed by atoms with Crippen molar-refractivity contribution < 1.29 is 31.5 Å². The number of rotatable bonds is 4. The van der Waals surface area contributed by atoms with E-state index in [-0.39, 0.29) is 0 Å². The van der Waals surface area contributed by atoms with Crippen molar-refractivity contribution in [2.24, 2.45) is 0 Å². The normalized spacial score (nSPS) is 13.6. The van der Waals surface area contributed by atoms with Crippen molar-refractivity contribution in [3.8, 4) is 11.5 Å². The van der Waals surface area contributed by atoms with Gasteiger partial charge in [0.2, 0.25) is 0 Å². The molecule has 0 radical (unpaired) electrons. The van der Waals surface area contributed by atoms with Crippen LogP contribution in [0.4, 0.5) is 8.78 Å². The summed E-state index contributed by atoms with van der Waals surface area (Å²) in [5, 5.41) is 0. The Bertz CT molecular complexity index is 989. The maximum Gasteiger partial charge on any atom is 0.267 e. The van der Waals surface area contributed by atoms with Gasteiger partial charge in [-0.15, -0.1) is 0 Å². The second-order valence-corrected chi connectivity index (χ2v) is 6.93. The van der Waals surface area contributed by atoms with E-state index in [0.29, 0.717) is 42.4 Å². The lowest BCUT2D eigenvalue weighted by Crippen LogP contribution is -2.29. The van der Waals surface area contributed by atoms with E-state index in [1.165, 1.54) is 6.08 Å². The minimum atomic E-state index is -4.54. The molecule has 0 spiro atoms. The fourth-order valence-electron chi connectivity index (χ4n) is 2.24. The maximum absolute atomic E-state index is 13.6. The van der Waals surface area contributed by atoms with Crippen LogP contribution in [0.1, 0.15) is 5.56 Å². The van der Waals surface area contributed by atoms with Gasteiger partial charge in [0, 0.05) is 6.08 Å². The van der Waals surface area contributed by atoms with Gasteiger partial charge in [-0.2, -0.15) is 0 Å². The van der Waals surface area contributed by atoms with Gasteiger partial charge in [-0.05, 0) is 42.0 Å². The van der Waals surface area contributed by atoms with Crippen molar-refractivity contribution in [2.75, 3.05) is 13.2 Å². The Kier molecular flexibility index (Phi) is 4.90. The van der Waals surface area contributed by atoms with Crippen LogP contribution in [-0.4, -0.2) is 27.5 Å². The van der Waals surface area contributed by atoms with Crippen LogP contribution < -0.4 is 14.2 Å². The van der Waals surface area contributed by atoms with Crippen molar-refractivity contribution in [3.05, 3.63) is 59.7 Å². The number of carbonyl (C=O) groups is 1. The molecule has 0 unspecified atom stereocenters. The van der Waals surface area contributed by atoms with Crippen LogP contribution in [0.15, 0.2) is 47.4 Å². The fourth-order valence-corrected chi connectivity index (χ4v) is 3.28. The Morgan fingerprint density at radius 2 is 1.77 bits per heavy atom. The molecule has 0 aliphatic carbocycles. The molecule has 136 valence electrons. The van der Waals surface area contributed by atoms with Gasteiger partial charge in [-0.3, -0.25) is 4.79 Å². The van der Waals surface area contributed by atoms with Crippen LogP contribution in [-0.2, 0) is 14.8 Å². The van der Waals surface area contributed by atoms with Gasteiger partial charge in [0.15, 0.2) is 11.5 Å². The van der Waals surface area contributed by atoms with Gasteiger partial charge in [-0.1, -0.05) is 6.07 Å². The first-order chi connectivity index (χ1) is 12.3. The quantitative estimate of drug-likeness (QED) is 0.822. The van der Waals surface area contributed by atoms with Crippen LogP contribution in [0.2, 0.25) is 0 Å². The molecule has 1 amide bonds. The Hall–Kier alpha value is -2.94. The molecule has 26 heavy (non-hydrogen) atoms. The molecule has 0 atom stereocenters. The van der Waals surface area contributed by atoms with Crippen LogP contribution in [0, 0.1) is 11.6 Å². The molecule has 2 aromatic rings. The number of halogens is 2. The topological polar surface area (TPSA) is 81.7 Å². The molecule has 0 bridgehead atoms. The lowest BCUT2D eigenvalue weighted by molar-refractivity contribution is -0.114. The zero-order valence-corrected chi connectivity index (χ0v) is 14.1. The largest absolute Gasteiger partial charge is 0.486 e. The van der Waals surface area contributed by atoms with Crippen molar-refractivity contribution in [3.63, 3.8) is 0 Å². The lowest BCUT2D eigenvalue weighted by Gasteiger charge is -2.18. The number of ether oxygens (including phenoxy) is 2. The third-order valence-electron chi connectivity index (χ3n) is 3.41. The summed E-state index contributed by atoms with van der Waals surface area (Å²) in [6.45, 7) is 0.844. The first-order valence-electron chi connectivity index (χ1n) is 7.45. The van der Waals surface area contributed by atoms with Crippen molar-refractivity contribution >= 4 is 22.0 Å². The summed E-state index contributed by atoms with van der Waals surface area (Å²) in [7, 11) is -4.54. The molecule has 0 fully saturated rings. The number of hydrogen-bond acceptors (Lipinski definition) is 5. The molecular formula is C17H13F2NO5S. The highest BCUT2D eigenvalue weighted by Gasteiger charge is 2.21. The molecule has 1 N–H and O–H groups in total. The highest BCUT2D eigenvalue weighted by molar-refractivity contribution is 7.90. The Morgan fingerprint density at radius 1 is 1.04 bits per heavy atom. The van der Waals surface area contributed by atoms with E-state index < -0.39 is 32.5 Å². The average molecular weight is 381 g/mol. The predicted molar refractivity (Wildman–Crippen MR) is 88.2 cm³/mol. The molecule has 0 aromatic heterocycles. The molecule has 0 saturated carbocycles. The average Bonchev–Trinajstić information content (AvgIpc) is 2.61. The van der Waals surface area contributed by atoms with Gasteiger partial charge in [0.05, 0.1) is 0 Å². The SMILES string of the molecule is O=C(/C=C/c1ccc2c(c1)OCCO2)NS(=O)(=O)c1cc(F)ccc1F. The van der Waals surface area contributed by atoms with E-state index >= 15 is 0 Å². The summed E-state index contributed by atoms with van der Waals surface area (Å²) in [6, 6.07) is 6.87. The number of hydrogen-bond donors (Lipinski definition) is 1. The minimum Gasteiger partial charge on any atom is -0.486 e. The van der Waals surface area contributed by atoms with Gasteiger partial charge in [0.1, 0.15) is 29.7 Å². The van der Waals surface area contributed by atoms with Gasteiger partial charge in [-0.25, -0.2) is 21.9 Å². The predicted octanol–water partition coefficient (Wildman–Crippen LogP) is 2.25. The smallest absolute Gasteiger partial charge is 0.267 e.